The Kier molecular flexibility index (Phi) is 6.30. The summed E-state index contributed by atoms with van der Waals surface area (Å²) < 4.78 is 3.11. The molecule has 2 aromatic carbocycles. The Morgan fingerprint density at radius 3 is 2.55 bits per heavy atom. The Morgan fingerprint density at radius 2 is 1.90 bits per heavy atom. The summed E-state index contributed by atoms with van der Waals surface area (Å²) in [4.78, 5) is 24.2. The van der Waals surface area contributed by atoms with Crippen LogP contribution in [0, 0.1) is 12.3 Å². The number of aromatic carboxylic acids is 1. The highest BCUT2D eigenvalue weighted by molar-refractivity contribution is 5.95. The lowest BCUT2D eigenvalue weighted by atomic mass is 9.99. The molecular weight excluding hydrogens is 366 g/mol. The van der Waals surface area contributed by atoms with Crippen LogP contribution in [-0.4, -0.2) is 25.4 Å². The zero-order valence-electron chi connectivity index (χ0n) is 16.3. The van der Waals surface area contributed by atoms with Crippen molar-refractivity contribution in [3.8, 4) is 23.5 Å². The minimum Gasteiger partial charge on any atom is -0.478 e. The van der Waals surface area contributed by atoms with Crippen LogP contribution < -0.4 is 5.69 Å². The van der Waals surface area contributed by atoms with Gasteiger partial charge in [0.05, 0.1) is 18.7 Å². The van der Waals surface area contributed by atoms with Gasteiger partial charge in [-0.3, -0.25) is 4.57 Å². The van der Waals surface area contributed by atoms with Gasteiger partial charge in [-0.25, -0.2) is 14.3 Å². The molecule has 0 atom stereocenters. The van der Waals surface area contributed by atoms with Crippen molar-refractivity contribution in [2.75, 3.05) is 0 Å². The Hall–Kier alpha value is -3.59. The minimum atomic E-state index is -0.959. The van der Waals surface area contributed by atoms with Crippen molar-refractivity contribution in [1.29, 1.82) is 0 Å². The van der Waals surface area contributed by atoms with Crippen LogP contribution in [0.2, 0.25) is 0 Å². The number of hydrogen-bond acceptors (Lipinski definition) is 3. The number of benzene rings is 2. The normalized spacial score (nSPS) is 10.6. The lowest BCUT2D eigenvalue weighted by Crippen LogP contribution is -2.26. The molecule has 29 heavy (non-hydrogen) atoms. The number of carboxylic acids is 1. The van der Waals surface area contributed by atoms with E-state index in [0.717, 1.165) is 23.4 Å². The fourth-order valence-corrected chi connectivity index (χ4v) is 3.26. The van der Waals surface area contributed by atoms with Crippen LogP contribution in [0.15, 0.2) is 53.3 Å². The standard InChI is InChI=1S/C23H23N3O3/c1-3-5-15-26-23(29)25(21(24-26)8-4-2)16-17-11-13-18(14-12-17)19-9-6-7-10-20(19)22(27)28/h1,6-7,9-14H,4-5,8,15-16H2,2H3,(H,27,28). The van der Waals surface area contributed by atoms with Crippen molar-refractivity contribution in [2.45, 2.75) is 39.3 Å². The van der Waals surface area contributed by atoms with Gasteiger partial charge < -0.3 is 5.11 Å². The number of carboxylic acid groups (broad SMARTS) is 1. The summed E-state index contributed by atoms with van der Waals surface area (Å²) in [6.07, 6.45) is 7.36. The SMILES string of the molecule is C#CCCn1nc(CCC)n(Cc2ccc(-c3ccccc3C(=O)O)cc2)c1=O. The largest absolute Gasteiger partial charge is 0.478 e. The Bertz CT molecular complexity index is 1100. The average Bonchev–Trinajstić information content (AvgIpc) is 3.02. The highest BCUT2D eigenvalue weighted by Gasteiger charge is 2.14. The summed E-state index contributed by atoms with van der Waals surface area (Å²) in [7, 11) is 0. The molecule has 0 amide bonds. The third kappa shape index (κ3) is 4.46. The van der Waals surface area contributed by atoms with Crippen LogP contribution in [0.25, 0.3) is 11.1 Å². The number of aromatic nitrogens is 3. The van der Waals surface area contributed by atoms with E-state index in [2.05, 4.69) is 11.0 Å². The summed E-state index contributed by atoms with van der Waals surface area (Å²) in [6.45, 7) is 2.86. The molecule has 0 spiro atoms. The summed E-state index contributed by atoms with van der Waals surface area (Å²) in [5, 5.41) is 13.8. The monoisotopic (exact) mass is 389 g/mol. The van der Waals surface area contributed by atoms with Gasteiger partial charge in [-0.15, -0.1) is 12.3 Å². The lowest BCUT2D eigenvalue weighted by molar-refractivity contribution is 0.0697. The maximum absolute atomic E-state index is 12.7. The van der Waals surface area contributed by atoms with Gasteiger partial charge in [-0.1, -0.05) is 49.4 Å². The molecular formula is C23H23N3O3. The van der Waals surface area contributed by atoms with Crippen molar-refractivity contribution in [2.24, 2.45) is 0 Å². The molecule has 0 fully saturated rings. The quantitative estimate of drug-likeness (QED) is 0.599. The summed E-state index contributed by atoms with van der Waals surface area (Å²) >= 11 is 0. The van der Waals surface area contributed by atoms with E-state index in [9.17, 15) is 14.7 Å². The number of terminal acetylenes is 1. The fourth-order valence-electron chi connectivity index (χ4n) is 3.26. The zero-order chi connectivity index (χ0) is 20.8. The van der Waals surface area contributed by atoms with Crippen LogP contribution >= 0.6 is 0 Å². The van der Waals surface area contributed by atoms with Gasteiger partial charge in [0.1, 0.15) is 5.82 Å². The predicted octanol–water partition coefficient (Wildman–Crippen LogP) is 3.43. The molecule has 1 aromatic heterocycles. The first-order valence-corrected chi connectivity index (χ1v) is 9.56. The molecule has 0 aliphatic heterocycles. The van der Waals surface area contributed by atoms with Crippen LogP contribution in [0.1, 0.15) is 41.5 Å². The molecule has 3 aromatic rings. The first-order chi connectivity index (χ1) is 14.0. The second kappa shape index (κ2) is 9.07. The van der Waals surface area contributed by atoms with Gasteiger partial charge in [0.15, 0.2) is 0 Å². The number of hydrogen-bond donors (Lipinski definition) is 1. The maximum atomic E-state index is 12.7. The molecule has 0 aliphatic carbocycles. The molecule has 148 valence electrons. The molecule has 1 heterocycles. The van der Waals surface area contributed by atoms with E-state index in [4.69, 9.17) is 6.42 Å². The summed E-state index contributed by atoms with van der Waals surface area (Å²) in [5.74, 6) is 2.32. The van der Waals surface area contributed by atoms with E-state index in [-0.39, 0.29) is 11.3 Å². The van der Waals surface area contributed by atoms with Crippen LogP contribution in [0.5, 0.6) is 0 Å². The molecule has 1 N–H and O–H groups in total. The van der Waals surface area contributed by atoms with Gasteiger partial charge in [-0.05, 0) is 29.2 Å². The Labute approximate surface area is 169 Å². The van der Waals surface area contributed by atoms with Gasteiger partial charge in [0, 0.05) is 12.8 Å². The second-order valence-electron chi connectivity index (χ2n) is 6.76. The predicted molar refractivity (Wildman–Crippen MR) is 112 cm³/mol. The fraction of sp³-hybridized carbons (Fsp3) is 0.261. The maximum Gasteiger partial charge on any atom is 0.346 e. The highest BCUT2D eigenvalue weighted by Crippen LogP contribution is 2.24. The molecule has 0 bridgehead atoms. The molecule has 0 radical (unpaired) electrons. The third-order valence-corrected chi connectivity index (χ3v) is 4.70. The van der Waals surface area contributed by atoms with Crippen LogP contribution in [-0.2, 0) is 19.5 Å². The van der Waals surface area contributed by atoms with E-state index in [1.807, 2.05) is 37.3 Å². The average molecular weight is 389 g/mol. The van der Waals surface area contributed by atoms with E-state index in [0.29, 0.717) is 31.5 Å². The smallest absolute Gasteiger partial charge is 0.346 e. The Balaban J connectivity index is 1.89. The number of carbonyl (C=O) groups is 1. The van der Waals surface area contributed by atoms with Crippen LogP contribution in [0.4, 0.5) is 0 Å². The molecule has 0 saturated carbocycles. The third-order valence-electron chi connectivity index (χ3n) is 4.70. The van der Waals surface area contributed by atoms with Crippen molar-refractivity contribution in [3.05, 3.63) is 76.0 Å². The van der Waals surface area contributed by atoms with E-state index < -0.39 is 5.97 Å². The van der Waals surface area contributed by atoms with E-state index in [1.165, 1.54) is 4.68 Å². The first kappa shape index (κ1) is 20.2. The minimum absolute atomic E-state index is 0.163. The van der Waals surface area contributed by atoms with Crippen molar-refractivity contribution in [3.63, 3.8) is 0 Å². The molecule has 0 unspecified atom stereocenters. The zero-order valence-corrected chi connectivity index (χ0v) is 16.3. The van der Waals surface area contributed by atoms with Crippen molar-refractivity contribution < 1.29 is 9.90 Å². The number of nitrogens with zero attached hydrogens (tertiary/aromatic N) is 3. The van der Waals surface area contributed by atoms with Crippen LogP contribution in [0.3, 0.4) is 0 Å². The van der Waals surface area contributed by atoms with Gasteiger partial charge >= 0.3 is 11.7 Å². The summed E-state index contributed by atoms with van der Waals surface area (Å²) in [6, 6.07) is 14.5. The van der Waals surface area contributed by atoms with Gasteiger partial charge in [0.2, 0.25) is 0 Å². The molecule has 0 saturated heterocycles. The highest BCUT2D eigenvalue weighted by atomic mass is 16.4. The number of rotatable bonds is 8. The van der Waals surface area contributed by atoms with Crippen molar-refractivity contribution >= 4 is 5.97 Å². The molecule has 3 rings (SSSR count). The van der Waals surface area contributed by atoms with Gasteiger partial charge in [0.25, 0.3) is 0 Å². The van der Waals surface area contributed by atoms with Gasteiger partial charge in [-0.2, -0.15) is 5.10 Å². The molecule has 0 aliphatic rings. The lowest BCUT2D eigenvalue weighted by Gasteiger charge is -2.09. The second-order valence-corrected chi connectivity index (χ2v) is 6.76. The first-order valence-electron chi connectivity index (χ1n) is 9.56. The van der Waals surface area contributed by atoms with E-state index >= 15 is 0 Å². The number of aryl methyl sites for hydroxylation is 2. The summed E-state index contributed by atoms with van der Waals surface area (Å²) in [5.41, 5.74) is 2.52. The molecule has 6 nitrogen and oxygen atoms in total. The Morgan fingerprint density at radius 1 is 1.17 bits per heavy atom. The van der Waals surface area contributed by atoms with Crippen molar-refractivity contribution in [1.82, 2.24) is 14.3 Å². The van der Waals surface area contributed by atoms with E-state index in [1.54, 1.807) is 22.8 Å². The molecule has 6 heteroatoms. The topological polar surface area (TPSA) is 77.1 Å².